The highest BCUT2D eigenvalue weighted by Crippen LogP contribution is 2.19. The van der Waals surface area contributed by atoms with Crippen LogP contribution in [0.3, 0.4) is 0 Å². The van der Waals surface area contributed by atoms with E-state index in [0.717, 1.165) is 0 Å². The molecule has 0 spiro atoms. The van der Waals surface area contributed by atoms with Crippen molar-refractivity contribution >= 4 is 12.1 Å². The molecule has 0 atom stereocenters. The molecular formula is C10H11NO5. The predicted octanol–water partition coefficient (Wildman–Crippen LogP) is 0.905. The van der Waals surface area contributed by atoms with Gasteiger partial charge >= 0.3 is 12.1 Å². The number of esters is 1. The van der Waals surface area contributed by atoms with Crippen molar-refractivity contribution in [1.82, 2.24) is 0 Å². The summed E-state index contributed by atoms with van der Waals surface area (Å²) in [4.78, 5) is 22.3. The number of methoxy groups -OCH3 is 1. The summed E-state index contributed by atoms with van der Waals surface area (Å²) < 4.78 is 13.7. The fourth-order valence-electron chi connectivity index (χ4n) is 1.02. The molecule has 0 aliphatic carbocycles. The standard InChI is InChI=1S/C10H11NO5/c1-14-9(12)7-4-2-3-5-8(7)16-10(13)15-6-11/h2-5H,6,11H2,1H3. The lowest BCUT2D eigenvalue weighted by atomic mass is 10.2. The van der Waals surface area contributed by atoms with Gasteiger partial charge in [-0.3, -0.25) is 5.73 Å². The van der Waals surface area contributed by atoms with Crippen LogP contribution in [0.5, 0.6) is 5.75 Å². The van der Waals surface area contributed by atoms with Gasteiger partial charge < -0.3 is 14.2 Å². The second kappa shape index (κ2) is 5.72. The molecule has 6 nitrogen and oxygen atoms in total. The van der Waals surface area contributed by atoms with E-state index in [1.165, 1.54) is 19.2 Å². The molecule has 6 heteroatoms. The van der Waals surface area contributed by atoms with Crippen molar-refractivity contribution in [1.29, 1.82) is 0 Å². The number of nitrogens with two attached hydrogens (primary N) is 1. The Kier molecular flexibility index (Phi) is 4.28. The summed E-state index contributed by atoms with van der Waals surface area (Å²) in [5.41, 5.74) is 5.13. The van der Waals surface area contributed by atoms with Gasteiger partial charge in [0.15, 0.2) is 0 Å². The Morgan fingerprint density at radius 3 is 2.62 bits per heavy atom. The highest BCUT2D eigenvalue weighted by molar-refractivity contribution is 5.93. The fraction of sp³-hybridized carbons (Fsp3) is 0.200. The van der Waals surface area contributed by atoms with E-state index in [1.54, 1.807) is 12.1 Å². The van der Waals surface area contributed by atoms with Gasteiger partial charge in [0.05, 0.1) is 7.11 Å². The Morgan fingerprint density at radius 1 is 1.31 bits per heavy atom. The molecule has 0 fully saturated rings. The average Bonchev–Trinajstić information content (AvgIpc) is 2.29. The molecule has 86 valence electrons. The molecule has 0 heterocycles. The lowest BCUT2D eigenvalue weighted by Gasteiger charge is -2.07. The number of para-hydroxylation sites is 1. The Labute approximate surface area is 91.9 Å². The van der Waals surface area contributed by atoms with E-state index in [4.69, 9.17) is 10.5 Å². The van der Waals surface area contributed by atoms with E-state index in [-0.39, 0.29) is 18.0 Å². The molecule has 1 rings (SSSR count). The number of hydrogen-bond donors (Lipinski definition) is 1. The van der Waals surface area contributed by atoms with Crippen LogP contribution in [0.2, 0.25) is 0 Å². The van der Waals surface area contributed by atoms with Crippen LogP contribution in [0.1, 0.15) is 10.4 Å². The van der Waals surface area contributed by atoms with Crippen molar-refractivity contribution in [3.63, 3.8) is 0 Å². The number of benzene rings is 1. The maximum atomic E-state index is 11.3. The molecule has 0 aliphatic rings. The summed E-state index contributed by atoms with van der Waals surface area (Å²) in [6.07, 6.45) is -0.973. The van der Waals surface area contributed by atoms with E-state index < -0.39 is 12.1 Å². The van der Waals surface area contributed by atoms with Crippen LogP contribution in [0.4, 0.5) is 4.79 Å². The third-order valence-corrected chi connectivity index (χ3v) is 1.69. The van der Waals surface area contributed by atoms with E-state index in [1.807, 2.05) is 0 Å². The smallest absolute Gasteiger partial charge is 0.465 e. The Morgan fingerprint density at radius 2 is 2.00 bits per heavy atom. The van der Waals surface area contributed by atoms with Gasteiger partial charge in [-0.25, -0.2) is 9.59 Å². The summed E-state index contributed by atoms with van der Waals surface area (Å²) in [6.45, 7) is -0.292. The Bertz CT molecular complexity index is 391. The molecule has 1 aromatic rings. The monoisotopic (exact) mass is 225 g/mol. The molecule has 1 aromatic carbocycles. The van der Waals surface area contributed by atoms with Crippen molar-refractivity contribution in [2.24, 2.45) is 5.73 Å². The van der Waals surface area contributed by atoms with Gasteiger partial charge in [0.25, 0.3) is 0 Å². The molecule has 0 amide bonds. The lowest BCUT2D eigenvalue weighted by molar-refractivity contribution is 0.0594. The van der Waals surface area contributed by atoms with Crippen LogP contribution in [0.15, 0.2) is 24.3 Å². The Hall–Kier alpha value is -2.08. The molecule has 0 radical (unpaired) electrons. The first-order chi connectivity index (χ1) is 7.69. The van der Waals surface area contributed by atoms with Gasteiger partial charge in [0.2, 0.25) is 0 Å². The second-order valence-corrected chi connectivity index (χ2v) is 2.65. The van der Waals surface area contributed by atoms with Crippen molar-refractivity contribution < 1.29 is 23.8 Å². The minimum Gasteiger partial charge on any atom is -0.465 e. The number of ether oxygens (including phenoxy) is 3. The second-order valence-electron chi connectivity index (χ2n) is 2.65. The first kappa shape index (κ1) is 12.0. The third kappa shape index (κ3) is 2.96. The molecule has 2 N–H and O–H groups in total. The van der Waals surface area contributed by atoms with Crippen LogP contribution in [-0.4, -0.2) is 26.0 Å². The zero-order valence-electron chi connectivity index (χ0n) is 8.64. The van der Waals surface area contributed by atoms with E-state index >= 15 is 0 Å². The number of carbonyl (C=O) groups excluding carboxylic acids is 2. The largest absolute Gasteiger partial charge is 0.515 e. The van der Waals surface area contributed by atoms with E-state index in [2.05, 4.69) is 9.47 Å². The van der Waals surface area contributed by atoms with Gasteiger partial charge in [-0.1, -0.05) is 12.1 Å². The maximum Gasteiger partial charge on any atom is 0.515 e. The summed E-state index contributed by atoms with van der Waals surface area (Å²) in [6, 6.07) is 6.14. The summed E-state index contributed by atoms with van der Waals surface area (Å²) in [7, 11) is 1.23. The van der Waals surface area contributed by atoms with Crippen molar-refractivity contribution in [2.45, 2.75) is 0 Å². The van der Waals surface area contributed by atoms with Gasteiger partial charge in [-0.05, 0) is 12.1 Å². The fourth-order valence-corrected chi connectivity index (χ4v) is 1.02. The average molecular weight is 225 g/mol. The SMILES string of the molecule is COC(=O)c1ccccc1OC(=O)OCN. The first-order valence-electron chi connectivity index (χ1n) is 4.41. The van der Waals surface area contributed by atoms with Gasteiger partial charge in [-0.15, -0.1) is 0 Å². The van der Waals surface area contributed by atoms with Crippen LogP contribution in [0, 0.1) is 0 Å². The van der Waals surface area contributed by atoms with Crippen LogP contribution in [0.25, 0.3) is 0 Å². The van der Waals surface area contributed by atoms with Crippen LogP contribution < -0.4 is 10.5 Å². The molecule has 16 heavy (non-hydrogen) atoms. The highest BCUT2D eigenvalue weighted by Gasteiger charge is 2.15. The van der Waals surface area contributed by atoms with E-state index in [9.17, 15) is 9.59 Å². The molecular weight excluding hydrogens is 214 g/mol. The summed E-state index contributed by atoms with van der Waals surface area (Å²) in [5.74, 6) is -0.538. The summed E-state index contributed by atoms with van der Waals surface area (Å²) in [5, 5.41) is 0. The number of carbonyl (C=O) groups is 2. The van der Waals surface area contributed by atoms with Gasteiger partial charge in [0, 0.05) is 0 Å². The molecule has 0 bridgehead atoms. The van der Waals surface area contributed by atoms with Crippen molar-refractivity contribution in [3.05, 3.63) is 29.8 Å². The number of rotatable bonds is 3. The minimum atomic E-state index is -0.973. The molecule has 0 saturated heterocycles. The summed E-state index contributed by atoms with van der Waals surface area (Å²) >= 11 is 0. The molecule has 0 saturated carbocycles. The first-order valence-corrected chi connectivity index (χ1v) is 4.41. The minimum absolute atomic E-state index is 0.0628. The molecule has 0 aromatic heterocycles. The topological polar surface area (TPSA) is 87.8 Å². The number of hydrogen-bond acceptors (Lipinski definition) is 6. The normalized spacial score (nSPS) is 9.38. The van der Waals surface area contributed by atoms with Crippen molar-refractivity contribution in [3.8, 4) is 5.75 Å². The molecule has 0 aliphatic heterocycles. The van der Waals surface area contributed by atoms with E-state index in [0.29, 0.717) is 0 Å². The third-order valence-electron chi connectivity index (χ3n) is 1.69. The van der Waals surface area contributed by atoms with Crippen molar-refractivity contribution in [2.75, 3.05) is 13.8 Å². The zero-order chi connectivity index (χ0) is 12.0. The zero-order valence-corrected chi connectivity index (χ0v) is 8.64. The van der Waals surface area contributed by atoms with Crippen LogP contribution >= 0.6 is 0 Å². The van der Waals surface area contributed by atoms with Gasteiger partial charge in [0.1, 0.15) is 18.0 Å². The van der Waals surface area contributed by atoms with Crippen LogP contribution in [-0.2, 0) is 9.47 Å². The quantitative estimate of drug-likeness (QED) is 0.467. The molecule has 0 unspecified atom stereocenters. The maximum absolute atomic E-state index is 11.3. The van der Waals surface area contributed by atoms with Gasteiger partial charge in [-0.2, -0.15) is 0 Å². The lowest BCUT2D eigenvalue weighted by Crippen LogP contribution is -2.17. The predicted molar refractivity (Wildman–Crippen MR) is 53.9 cm³/mol. The highest BCUT2D eigenvalue weighted by atomic mass is 16.7. The Balaban J connectivity index is 2.87.